The lowest BCUT2D eigenvalue weighted by molar-refractivity contribution is 0.160. The topological polar surface area (TPSA) is 36.0 Å². The fourth-order valence-corrected chi connectivity index (χ4v) is 4.87. The number of aliphatic hydroxyl groups excluding tert-OH is 1. The maximum Gasteiger partial charge on any atom is 0.0900 e. The van der Waals surface area contributed by atoms with Crippen LogP contribution in [-0.4, -0.2) is 10.1 Å². The van der Waals surface area contributed by atoms with Gasteiger partial charge in [-0.25, -0.2) is 0 Å². The monoisotopic (exact) mass is 413 g/mol. The molecule has 0 aliphatic carbocycles. The molecule has 0 bridgehead atoms. The molecule has 2 nitrogen and oxygen atoms in total. The van der Waals surface area contributed by atoms with Crippen molar-refractivity contribution in [3.63, 3.8) is 0 Å². The molecule has 0 saturated carbocycles. The third-order valence-electron chi connectivity index (χ3n) is 6.52. The van der Waals surface area contributed by atoms with E-state index >= 15 is 0 Å². The van der Waals surface area contributed by atoms with Crippen LogP contribution in [0, 0.1) is 0 Å². The lowest BCUT2D eigenvalue weighted by atomic mass is 9.82. The summed E-state index contributed by atoms with van der Waals surface area (Å²) in [5, 5.41) is 17.6. The molecular weight excluding hydrogens is 390 g/mol. The van der Waals surface area contributed by atoms with Crippen molar-refractivity contribution in [1.29, 1.82) is 0 Å². The highest BCUT2D eigenvalue weighted by Crippen LogP contribution is 2.41. The first-order valence-electron chi connectivity index (χ1n) is 11.0. The Morgan fingerprint density at radius 1 is 0.562 bits per heavy atom. The Morgan fingerprint density at radius 3 is 1.84 bits per heavy atom. The second-order valence-electron chi connectivity index (χ2n) is 8.43. The smallest absolute Gasteiger partial charge is 0.0900 e. The molecule has 0 fully saturated rings. The largest absolute Gasteiger partial charge is 0.387 e. The van der Waals surface area contributed by atoms with Crippen LogP contribution in [0.3, 0.4) is 0 Å². The van der Waals surface area contributed by atoms with Gasteiger partial charge >= 0.3 is 0 Å². The van der Waals surface area contributed by atoms with E-state index in [9.17, 15) is 5.11 Å². The summed E-state index contributed by atoms with van der Waals surface area (Å²) >= 11 is 0. The fourth-order valence-electron chi connectivity index (χ4n) is 4.87. The summed E-state index contributed by atoms with van der Waals surface area (Å²) in [7, 11) is 0. The van der Waals surface area contributed by atoms with Gasteiger partial charge in [-0.2, -0.15) is 0 Å². The Morgan fingerprint density at radius 2 is 1.12 bits per heavy atom. The van der Waals surface area contributed by atoms with Crippen LogP contribution in [-0.2, 0) is 0 Å². The highest BCUT2D eigenvalue weighted by atomic mass is 16.3. The molecule has 2 N–H and O–H groups in total. The number of hydrogen-bond acceptors (Lipinski definition) is 1. The highest BCUT2D eigenvalue weighted by molar-refractivity contribution is 5.87. The van der Waals surface area contributed by atoms with Crippen LogP contribution in [0.1, 0.15) is 28.7 Å². The van der Waals surface area contributed by atoms with Gasteiger partial charge in [0.25, 0.3) is 0 Å². The summed E-state index contributed by atoms with van der Waals surface area (Å²) < 4.78 is 0. The van der Waals surface area contributed by atoms with Crippen molar-refractivity contribution in [2.24, 2.45) is 0 Å². The number of rotatable bonds is 4. The van der Waals surface area contributed by atoms with Crippen molar-refractivity contribution in [3.8, 4) is 0 Å². The van der Waals surface area contributed by atoms with Crippen LogP contribution in [0.4, 0.5) is 0 Å². The summed E-state index contributed by atoms with van der Waals surface area (Å²) in [6.07, 6.45) is 1.37. The SMILES string of the molecule is O[C@@H](c1ccc2ccccc2c1)[C@H](c1ccc2ccccc2c1)c1c[nH]c2ccccc12. The van der Waals surface area contributed by atoms with Crippen molar-refractivity contribution in [2.45, 2.75) is 12.0 Å². The van der Waals surface area contributed by atoms with E-state index in [1.807, 2.05) is 18.2 Å². The summed E-state index contributed by atoms with van der Waals surface area (Å²) in [6, 6.07) is 37.7. The van der Waals surface area contributed by atoms with Gasteiger partial charge in [0, 0.05) is 23.0 Å². The van der Waals surface area contributed by atoms with Crippen LogP contribution < -0.4 is 0 Å². The van der Waals surface area contributed by atoms with E-state index in [0.29, 0.717) is 0 Å². The average Bonchev–Trinajstić information content (AvgIpc) is 3.27. The maximum atomic E-state index is 11.8. The Kier molecular flexibility index (Phi) is 4.52. The second kappa shape index (κ2) is 7.67. The number of H-pyrrole nitrogens is 1. The zero-order valence-corrected chi connectivity index (χ0v) is 17.6. The van der Waals surface area contributed by atoms with E-state index in [1.165, 1.54) is 16.2 Å². The molecule has 0 aliphatic rings. The van der Waals surface area contributed by atoms with Gasteiger partial charge in [0.15, 0.2) is 0 Å². The molecule has 0 saturated heterocycles. The molecule has 0 aliphatic heterocycles. The molecule has 154 valence electrons. The van der Waals surface area contributed by atoms with E-state index in [-0.39, 0.29) is 5.92 Å². The van der Waals surface area contributed by atoms with E-state index in [0.717, 1.165) is 33.0 Å². The minimum absolute atomic E-state index is 0.197. The Bertz CT molecular complexity index is 1560. The zero-order valence-electron chi connectivity index (χ0n) is 17.6. The molecule has 32 heavy (non-hydrogen) atoms. The Labute approximate surface area is 186 Å². The molecule has 5 aromatic carbocycles. The molecule has 1 aromatic heterocycles. The molecule has 0 unspecified atom stereocenters. The normalized spacial score (nSPS) is 13.5. The van der Waals surface area contributed by atoms with Crippen LogP contribution in [0.15, 0.2) is 115 Å². The molecule has 1 heterocycles. The van der Waals surface area contributed by atoms with Crippen molar-refractivity contribution in [2.75, 3.05) is 0 Å². The van der Waals surface area contributed by atoms with Crippen molar-refractivity contribution < 1.29 is 5.11 Å². The fraction of sp³-hybridized carbons (Fsp3) is 0.0667. The minimum Gasteiger partial charge on any atom is -0.387 e. The Hall–Kier alpha value is -3.88. The van der Waals surface area contributed by atoms with Crippen LogP contribution in [0.25, 0.3) is 32.4 Å². The van der Waals surface area contributed by atoms with Gasteiger partial charge in [-0.15, -0.1) is 0 Å². The van der Waals surface area contributed by atoms with E-state index in [4.69, 9.17) is 0 Å². The van der Waals surface area contributed by atoms with Crippen molar-refractivity contribution in [1.82, 2.24) is 4.98 Å². The minimum atomic E-state index is -0.681. The molecule has 0 spiro atoms. The van der Waals surface area contributed by atoms with E-state index in [2.05, 4.69) is 102 Å². The van der Waals surface area contributed by atoms with E-state index in [1.54, 1.807) is 0 Å². The Balaban J connectivity index is 1.55. The standard InChI is InChI=1S/C30H23NO/c32-30(25-16-14-21-8-2-4-10-23(21)18-25)29(27-19-31-28-12-6-5-11-26(27)28)24-15-13-20-7-1-3-9-22(20)17-24/h1-19,29-32H/t29-,30+/m1/s1. The molecule has 6 aromatic rings. The number of fused-ring (bicyclic) bond motifs is 3. The first kappa shape index (κ1) is 18.9. The lowest BCUT2D eigenvalue weighted by Gasteiger charge is -2.25. The number of aromatic nitrogens is 1. The number of aromatic amines is 1. The third kappa shape index (κ3) is 3.17. The summed E-state index contributed by atoms with van der Waals surface area (Å²) in [4.78, 5) is 3.40. The number of hydrogen-bond donors (Lipinski definition) is 2. The molecule has 2 heteroatoms. The van der Waals surface area contributed by atoms with Gasteiger partial charge in [-0.3, -0.25) is 0 Å². The second-order valence-corrected chi connectivity index (χ2v) is 8.43. The number of aliphatic hydroxyl groups is 1. The summed E-state index contributed by atoms with van der Waals surface area (Å²) in [5.41, 5.74) is 4.22. The average molecular weight is 414 g/mol. The summed E-state index contributed by atoms with van der Waals surface area (Å²) in [6.45, 7) is 0. The lowest BCUT2D eigenvalue weighted by Crippen LogP contribution is -2.12. The van der Waals surface area contributed by atoms with Gasteiger partial charge in [0.05, 0.1) is 6.10 Å². The van der Waals surface area contributed by atoms with Crippen LogP contribution in [0.5, 0.6) is 0 Å². The van der Waals surface area contributed by atoms with Gasteiger partial charge in [-0.05, 0) is 50.4 Å². The predicted molar refractivity (Wildman–Crippen MR) is 133 cm³/mol. The van der Waals surface area contributed by atoms with Crippen LogP contribution >= 0.6 is 0 Å². The highest BCUT2D eigenvalue weighted by Gasteiger charge is 2.27. The summed E-state index contributed by atoms with van der Waals surface area (Å²) in [5.74, 6) is -0.197. The zero-order chi connectivity index (χ0) is 21.5. The van der Waals surface area contributed by atoms with Gasteiger partial charge in [0.2, 0.25) is 0 Å². The maximum absolute atomic E-state index is 11.8. The number of benzene rings is 5. The third-order valence-corrected chi connectivity index (χ3v) is 6.52. The van der Waals surface area contributed by atoms with Crippen LogP contribution in [0.2, 0.25) is 0 Å². The first-order valence-corrected chi connectivity index (χ1v) is 11.0. The molecule has 6 rings (SSSR count). The molecular formula is C30H23NO. The predicted octanol–water partition coefficient (Wildman–Crippen LogP) is 7.34. The number of nitrogens with one attached hydrogen (secondary N) is 1. The van der Waals surface area contributed by atoms with Crippen molar-refractivity contribution >= 4 is 32.4 Å². The van der Waals surface area contributed by atoms with E-state index < -0.39 is 6.10 Å². The quantitative estimate of drug-likeness (QED) is 0.312. The molecule has 0 amide bonds. The number of para-hydroxylation sites is 1. The van der Waals surface area contributed by atoms with Gasteiger partial charge < -0.3 is 10.1 Å². The molecule has 2 atom stereocenters. The first-order chi connectivity index (χ1) is 15.8. The molecule has 0 radical (unpaired) electrons. The van der Waals surface area contributed by atoms with Gasteiger partial charge in [-0.1, -0.05) is 97.1 Å². The van der Waals surface area contributed by atoms with Crippen molar-refractivity contribution in [3.05, 3.63) is 132 Å². The van der Waals surface area contributed by atoms with Gasteiger partial charge in [0.1, 0.15) is 0 Å².